The van der Waals surface area contributed by atoms with Crippen LogP contribution >= 0.6 is 0 Å². The number of ether oxygens (including phenoxy) is 1. The number of carbonyl (C=O) groups is 1. The van der Waals surface area contributed by atoms with Crippen molar-refractivity contribution in [2.45, 2.75) is 39.2 Å². The number of piperazine rings is 1. The molecule has 1 aromatic carbocycles. The first-order valence-electron chi connectivity index (χ1n) is 7.04. The average Bonchev–Trinajstić information content (AvgIpc) is 2.38. The molecule has 0 aliphatic carbocycles. The van der Waals surface area contributed by atoms with Crippen molar-refractivity contribution in [3.05, 3.63) is 28.8 Å². The fraction of sp³-hybridized carbons (Fsp3) is 0.562. The van der Waals surface area contributed by atoms with E-state index in [1.54, 1.807) is 7.11 Å². The molecule has 20 heavy (non-hydrogen) atoms. The van der Waals surface area contributed by atoms with Crippen LogP contribution in [0.3, 0.4) is 0 Å². The van der Waals surface area contributed by atoms with Crippen molar-refractivity contribution in [2.75, 3.05) is 20.2 Å². The van der Waals surface area contributed by atoms with Crippen LogP contribution in [-0.4, -0.2) is 26.1 Å². The van der Waals surface area contributed by atoms with Crippen molar-refractivity contribution in [3.8, 4) is 5.75 Å². The molecule has 1 unspecified atom stereocenters. The Morgan fingerprint density at radius 1 is 1.25 bits per heavy atom. The second-order valence-corrected chi connectivity index (χ2v) is 6.34. The molecule has 0 radical (unpaired) electrons. The highest BCUT2D eigenvalue weighted by atomic mass is 16.5. The highest BCUT2D eigenvalue weighted by Gasteiger charge is 2.28. The van der Waals surface area contributed by atoms with E-state index in [0.29, 0.717) is 6.54 Å². The first-order valence-corrected chi connectivity index (χ1v) is 7.04. The van der Waals surface area contributed by atoms with Gasteiger partial charge in [-0.1, -0.05) is 20.8 Å². The lowest BCUT2D eigenvalue weighted by atomic mass is 9.83. The number of aryl methyl sites for hydroxylation is 1. The summed E-state index contributed by atoms with van der Waals surface area (Å²) in [5.74, 6) is 0.930. The number of benzene rings is 1. The third-order valence-electron chi connectivity index (χ3n) is 3.74. The SMILES string of the molecule is COc1cc(C)c(C2NCCNC2=O)cc1C(C)(C)C. The van der Waals surface area contributed by atoms with Crippen LogP contribution in [0, 0.1) is 6.92 Å². The minimum atomic E-state index is -0.268. The van der Waals surface area contributed by atoms with Gasteiger partial charge in [-0.25, -0.2) is 0 Å². The van der Waals surface area contributed by atoms with E-state index in [9.17, 15) is 4.79 Å². The van der Waals surface area contributed by atoms with E-state index in [1.165, 1.54) is 0 Å². The number of methoxy groups -OCH3 is 1. The molecule has 4 nitrogen and oxygen atoms in total. The monoisotopic (exact) mass is 276 g/mol. The van der Waals surface area contributed by atoms with Crippen LogP contribution in [0.25, 0.3) is 0 Å². The van der Waals surface area contributed by atoms with Crippen LogP contribution in [0.15, 0.2) is 12.1 Å². The molecule has 1 heterocycles. The third kappa shape index (κ3) is 2.80. The quantitative estimate of drug-likeness (QED) is 0.869. The summed E-state index contributed by atoms with van der Waals surface area (Å²) in [5, 5.41) is 6.20. The molecule has 110 valence electrons. The molecule has 0 saturated carbocycles. The molecule has 1 aliphatic rings. The fourth-order valence-corrected chi connectivity index (χ4v) is 2.61. The standard InChI is InChI=1S/C16H24N2O2/c1-10-8-13(20-5)12(16(2,3)4)9-11(10)14-15(19)18-7-6-17-14/h8-9,14,17H,6-7H2,1-5H3,(H,18,19). The first-order chi connectivity index (χ1) is 9.34. The number of hydrogen-bond donors (Lipinski definition) is 2. The lowest BCUT2D eigenvalue weighted by Crippen LogP contribution is -2.47. The number of rotatable bonds is 2. The van der Waals surface area contributed by atoms with E-state index < -0.39 is 0 Å². The maximum absolute atomic E-state index is 12.1. The summed E-state index contributed by atoms with van der Waals surface area (Å²) in [7, 11) is 1.69. The fourth-order valence-electron chi connectivity index (χ4n) is 2.61. The second-order valence-electron chi connectivity index (χ2n) is 6.34. The van der Waals surface area contributed by atoms with Gasteiger partial charge in [0.1, 0.15) is 11.8 Å². The number of hydrogen-bond acceptors (Lipinski definition) is 3. The summed E-state index contributed by atoms with van der Waals surface area (Å²) in [6.07, 6.45) is 0. The normalized spacial score (nSPS) is 19.6. The van der Waals surface area contributed by atoms with Crippen molar-refractivity contribution in [1.82, 2.24) is 10.6 Å². The summed E-state index contributed by atoms with van der Waals surface area (Å²) in [6, 6.07) is 3.87. The average molecular weight is 276 g/mol. The summed E-state index contributed by atoms with van der Waals surface area (Å²) in [5.41, 5.74) is 3.21. The van der Waals surface area contributed by atoms with Gasteiger partial charge in [-0.15, -0.1) is 0 Å². The van der Waals surface area contributed by atoms with Gasteiger partial charge in [0, 0.05) is 13.1 Å². The minimum absolute atomic E-state index is 0.0288. The molecule has 2 rings (SSSR count). The lowest BCUT2D eigenvalue weighted by molar-refractivity contribution is -0.124. The Kier molecular flexibility index (Phi) is 4.04. The highest BCUT2D eigenvalue weighted by molar-refractivity contribution is 5.84. The van der Waals surface area contributed by atoms with Crippen LogP contribution in [-0.2, 0) is 10.2 Å². The molecule has 1 atom stereocenters. The van der Waals surface area contributed by atoms with Gasteiger partial charge in [0.15, 0.2) is 0 Å². The number of nitrogens with one attached hydrogen (secondary N) is 2. The zero-order valence-electron chi connectivity index (χ0n) is 13.0. The van der Waals surface area contributed by atoms with Gasteiger partial charge in [0.2, 0.25) is 5.91 Å². The maximum Gasteiger partial charge on any atom is 0.241 e. The molecule has 1 aliphatic heterocycles. The van der Waals surface area contributed by atoms with Gasteiger partial charge in [0.25, 0.3) is 0 Å². The highest BCUT2D eigenvalue weighted by Crippen LogP contribution is 2.35. The van der Waals surface area contributed by atoms with E-state index in [2.05, 4.69) is 37.5 Å². The lowest BCUT2D eigenvalue weighted by Gasteiger charge is -2.29. The van der Waals surface area contributed by atoms with Gasteiger partial charge >= 0.3 is 0 Å². The third-order valence-corrected chi connectivity index (χ3v) is 3.74. The Hall–Kier alpha value is -1.55. The van der Waals surface area contributed by atoms with E-state index >= 15 is 0 Å². The van der Waals surface area contributed by atoms with Gasteiger partial charge in [-0.3, -0.25) is 4.79 Å². The molecule has 1 saturated heterocycles. The van der Waals surface area contributed by atoms with Crippen molar-refractivity contribution in [2.24, 2.45) is 0 Å². The van der Waals surface area contributed by atoms with Crippen molar-refractivity contribution < 1.29 is 9.53 Å². The molecule has 4 heteroatoms. The van der Waals surface area contributed by atoms with Crippen LogP contribution in [0.1, 0.15) is 43.5 Å². The van der Waals surface area contributed by atoms with E-state index in [4.69, 9.17) is 4.74 Å². The smallest absolute Gasteiger partial charge is 0.241 e. The summed E-state index contributed by atoms with van der Waals surface area (Å²) < 4.78 is 5.50. The maximum atomic E-state index is 12.1. The first kappa shape index (κ1) is 14.9. The Morgan fingerprint density at radius 3 is 2.50 bits per heavy atom. The van der Waals surface area contributed by atoms with Gasteiger partial charge in [-0.2, -0.15) is 0 Å². The molecule has 1 fully saturated rings. The van der Waals surface area contributed by atoms with Gasteiger partial charge < -0.3 is 15.4 Å². The largest absolute Gasteiger partial charge is 0.496 e. The Labute approximate surface area is 120 Å². The topological polar surface area (TPSA) is 50.4 Å². The molecule has 2 N–H and O–H groups in total. The summed E-state index contributed by atoms with van der Waals surface area (Å²) >= 11 is 0. The molecule has 0 aromatic heterocycles. The second kappa shape index (κ2) is 5.44. The molecular weight excluding hydrogens is 252 g/mol. The summed E-state index contributed by atoms with van der Waals surface area (Å²) in [6.45, 7) is 9.96. The van der Waals surface area contributed by atoms with Crippen LogP contribution < -0.4 is 15.4 Å². The van der Waals surface area contributed by atoms with Crippen molar-refractivity contribution in [1.29, 1.82) is 0 Å². The van der Waals surface area contributed by atoms with Gasteiger partial charge in [0.05, 0.1) is 7.11 Å². The van der Waals surface area contributed by atoms with E-state index in [0.717, 1.165) is 29.0 Å². The number of amides is 1. The molecular formula is C16H24N2O2. The van der Waals surface area contributed by atoms with Crippen molar-refractivity contribution in [3.63, 3.8) is 0 Å². The van der Waals surface area contributed by atoms with Gasteiger partial charge in [-0.05, 0) is 41.2 Å². The zero-order valence-corrected chi connectivity index (χ0v) is 13.0. The zero-order chi connectivity index (χ0) is 14.9. The predicted molar refractivity (Wildman–Crippen MR) is 80.2 cm³/mol. The van der Waals surface area contributed by atoms with Crippen LogP contribution in [0.5, 0.6) is 5.75 Å². The number of carbonyl (C=O) groups excluding carboxylic acids is 1. The van der Waals surface area contributed by atoms with E-state index in [-0.39, 0.29) is 17.4 Å². The summed E-state index contributed by atoms with van der Waals surface area (Å²) in [4.78, 5) is 12.1. The van der Waals surface area contributed by atoms with Crippen LogP contribution in [0.2, 0.25) is 0 Å². The van der Waals surface area contributed by atoms with E-state index in [1.807, 2.05) is 13.0 Å². The Balaban J connectivity index is 2.51. The minimum Gasteiger partial charge on any atom is -0.496 e. The molecule has 1 aromatic rings. The molecule has 1 amide bonds. The Bertz CT molecular complexity index is 518. The predicted octanol–water partition coefficient (Wildman–Crippen LogP) is 2.06. The Morgan fingerprint density at radius 2 is 1.95 bits per heavy atom. The van der Waals surface area contributed by atoms with Crippen LogP contribution in [0.4, 0.5) is 0 Å². The molecule has 0 spiro atoms. The van der Waals surface area contributed by atoms with Crippen molar-refractivity contribution >= 4 is 5.91 Å². The molecule has 0 bridgehead atoms.